The highest BCUT2D eigenvalue weighted by atomic mass is 19.1. The molecule has 4 heteroatoms. The number of aromatic nitrogens is 1. The summed E-state index contributed by atoms with van der Waals surface area (Å²) in [5, 5.41) is 3.10. The first-order valence-electron chi connectivity index (χ1n) is 6.36. The van der Waals surface area contributed by atoms with Crippen molar-refractivity contribution in [1.82, 2.24) is 4.98 Å². The standard InChI is InChI=1S/C15H17FN2O/c1-2-10-19-14-8-5-9-17-15(14)18-11-12-6-3-4-7-13(12)16/h3-9H,2,10-11H2,1H3,(H,17,18). The highest BCUT2D eigenvalue weighted by Gasteiger charge is 2.05. The zero-order valence-corrected chi connectivity index (χ0v) is 10.9. The topological polar surface area (TPSA) is 34.1 Å². The molecule has 1 N–H and O–H groups in total. The smallest absolute Gasteiger partial charge is 0.169 e. The van der Waals surface area contributed by atoms with E-state index in [-0.39, 0.29) is 5.82 Å². The molecule has 2 aromatic rings. The Kier molecular flexibility index (Phi) is 4.72. The summed E-state index contributed by atoms with van der Waals surface area (Å²) < 4.78 is 19.1. The lowest BCUT2D eigenvalue weighted by molar-refractivity contribution is 0.318. The van der Waals surface area contributed by atoms with Gasteiger partial charge in [-0.15, -0.1) is 0 Å². The van der Waals surface area contributed by atoms with Crippen LogP contribution in [-0.4, -0.2) is 11.6 Å². The maximum atomic E-state index is 13.5. The van der Waals surface area contributed by atoms with Gasteiger partial charge >= 0.3 is 0 Å². The van der Waals surface area contributed by atoms with Crippen LogP contribution in [0.1, 0.15) is 18.9 Å². The molecular formula is C15H17FN2O. The zero-order valence-electron chi connectivity index (χ0n) is 10.9. The highest BCUT2D eigenvalue weighted by molar-refractivity contribution is 5.49. The maximum absolute atomic E-state index is 13.5. The Morgan fingerprint density at radius 3 is 2.84 bits per heavy atom. The van der Waals surface area contributed by atoms with Crippen molar-refractivity contribution < 1.29 is 9.13 Å². The zero-order chi connectivity index (χ0) is 13.5. The van der Waals surface area contributed by atoms with Gasteiger partial charge in [0.1, 0.15) is 5.82 Å². The molecule has 0 spiro atoms. The van der Waals surface area contributed by atoms with Crippen LogP contribution in [0.15, 0.2) is 42.6 Å². The van der Waals surface area contributed by atoms with Crippen molar-refractivity contribution in [3.05, 3.63) is 54.0 Å². The fourth-order valence-electron chi connectivity index (χ4n) is 1.67. The van der Waals surface area contributed by atoms with Gasteiger partial charge in [-0.25, -0.2) is 9.37 Å². The van der Waals surface area contributed by atoms with Crippen LogP contribution in [0.4, 0.5) is 10.2 Å². The molecule has 0 fully saturated rings. The lowest BCUT2D eigenvalue weighted by Gasteiger charge is -2.11. The van der Waals surface area contributed by atoms with Crippen LogP contribution >= 0.6 is 0 Å². The van der Waals surface area contributed by atoms with Crippen molar-refractivity contribution in [2.24, 2.45) is 0 Å². The van der Waals surface area contributed by atoms with E-state index >= 15 is 0 Å². The van der Waals surface area contributed by atoms with Gasteiger partial charge in [0.25, 0.3) is 0 Å². The number of rotatable bonds is 6. The monoisotopic (exact) mass is 260 g/mol. The third kappa shape index (κ3) is 3.68. The second-order valence-corrected chi connectivity index (χ2v) is 4.14. The summed E-state index contributed by atoms with van der Waals surface area (Å²) in [4.78, 5) is 4.22. The summed E-state index contributed by atoms with van der Waals surface area (Å²) >= 11 is 0. The van der Waals surface area contributed by atoms with Crippen LogP contribution in [0.3, 0.4) is 0 Å². The molecule has 0 atom stereocenters. The molecule has 1 heterocycles. The van der Waals surface area contributed by atoms with Crippen LogP contribution in [0, 0.1) is 5.82 Å². The second kappa shape index (κ2) is 6.73. The average molecular weight is 260 g/mol. The van der Waals surface area contributed by atoms with Gasteiger partial charge in [0, 0.05) is 18.3 Å². The minimum Gasteiger partial charge on any atom is -0.490 e. The number of nitrogens with zero attached hydrogens (tertiary/aromatic N) is 1. The molecule has 0 aliphatic rings. The molecule has 100 valence electrons. The van der Waals surface area contributed by atoms with Gasteiger partial charge in [-0.2, -0.15) is 0 Å². The molecule has 0 unspecified atom stereocenters. The van der Waals surface area contributed by atoms with Crippen molar-refractivity contribution in [2.75, 3.05) is 11.9 Å². The summed E-state index contributed by atoms with van der Waals surface area (Å²) in [6.07, 6.45) is 2.62. The van der Waals surface area contributed by atoms with Crippen molar-refractivity contribution in [2.45, 2.75) is 19.9 Å². The first-order valence-corrected chi connectivity index (χ1v) is 6.36. The second-order valence-electron chi connectivity index (χ2n) is 4.14. The van der Waals surface area contributed by atoms with E-state index in [4.69, 9.17) is 4.74 Å². The Morgan fingerprint density at radius 1 is 1.21 bits per heavy atom. The molecular weight excluding hydrogens is 243 g/mol. The van der Waals surface area contributed by atoms with Crippen molar-refractivity contribution in [1.29, 1.82) is 0 Å². The van der Waals surface area contributed by atoms with Gasteiger partial charge in [-0.1, -0.05) is 25.1 Å². The van der Waals surface area contributed by atoms with E-state index in [1.807, 2.05) is 25.1 Å². The summed E-state index contributed by atoms with van der Waals surface area (Å²) in [6, 6.07) is 10.4. The maximum Gasteiger partial charge on any atom is 0.169 e. The Hall–Kier alpha value is -2.10. The minimum absolute atomic E-state index is 0.220. The van der Waals surface area contributed by atoms with E-state index in [9.17, 15) is 4.39 Å². The first kappa shape index (κ1) is 13.3. The summed E-state index contributed by atoms with van der Waals surface area (Å²) in [5.41, 5.74) is 0.606. The van der Waals surface area contributed by atoms with Crippen LogP contribution in [0.5, 0.6) is 5.75 Å². The van der Waals surface area contributed by atoms with Gasteiger partial charge in [-0.05, 0) is 24.6 Å². The van der Waals surface area contributed by atoms with E-state index in [2.05, 4.69) is 10.3 Å². The quantitative estimate of drug-likeness (QED) is 0.861. The third-order valence-electron chi connectivity index (χ3n) is 2.64. The number of anilines is 1. The van der Waals surface area contributed by atoms with E-state index in [0.29, 0.717) is 30.3 Å². The molecule has 0 saturated carbocycles. The molecule has 1 aromatic heterocycles. The number of ether oxygens (including phenoxy) is 1. The predicted molar refractivity (Wildman–Crippen MR) is 73.7 cm³/mol. The first-order chi connectivity index (χ1) is 9.31. The third-order valence-corrected chi connectivity index (χ3v) is 2.64. The van der Waals surface area contributed by atoms with Crippen LogP contribution in [0.2, 0.25) is 0 Å². The number of nitrogens with one attached hydrogen (secondary N) is 1. The van der Waals surface area contributed by atoms with Gasteiger partial charge in [0.2, 0.25) is 0 Å². The minimum atomic E-state index is -0.220. The SMILES string of the molecule is CCCOc1cccnc1NCc1ccccc1F. The molecule has 2 rings (SSSR count). The van der Waals surface area contributed by atoms with Crippen LogP contribution in [-0.2, 0) is 6.54 Å². The Labute approximate surface area is 112 Å². The molecule has 0 bridgehead atoms. The largest absolute Gasteiger partial charge is 0.490 e. The van der Waals surface area contributed by atoms with E-state index in [1.165, 1.54) is 6.07 Å². The molecule has 0 aliphatic carbocycles. The van der Waals surface area contributed by atoms with Crippen LogP contribution in [0.25, 0.3) is 0 Å². The van der Waals surface area contributed by atoms with E-state index in [1.54, 1.807) is 18.3 Å². The Morgan fingerprint density at radius 2 is 2.05 bits per heavy atom. The number of hydrogen-bond acceptors (Lipinski definition) is 3. The van der Waals surface area contributed by atoms with Crippen molar-refractivity contribution in [3.63, 3.8) is 0 Å². The fourth-order valence-corrected chi connectivity index (χ4v) is 1.67. The summed E-state index contributed by atoms with van der Waals surface area (Å²) in [6.45, 7) is 3.06. The number of pyridine rings is 1. The average Bonchev–Trinajstić information content (AvgIpc) is 2.45. The number of benzene rings is 1. The Bertz CT molecular complexity index is 531. The lowest BCUT2D eigenvalue weighted by Crippen LogP contribution is -2.06. The molecule has 0 amide bonds. The van der Waals surface area contributed by atoms with Gasteiger partial charge in [0.15, 0.2) is 11.6 Å². The number of hydrogen-bond donors (Lipinski definition) is 1. The van der Waals surface area contributed by atoms with Gasteiger partial charge < -0.3 is 10.1 Å². The summed E-state index contributed by atoms with van der Waals surface area (Å²) in [5.74, 6) is 1.11. The molecule has 3 nitrogen and oxygen atoms in total. The molecule has 0 saturated heterocycles. The number of halogens is 1. The molecule has 0 aliphatic heterocycles. The van der Waals surface area contributed by atoms with Gasteiger partial charge in [0.05, 0.1) is 6.61 Å². The van der Waals surface area contributed by atoms with E-state index < -0.39 is 0 Å². The van der Waals surface area contributed by atoms with Crippen molar-refractivity contribution in [3.8, 4) is 5.75 Å². The lowest BCUT2D eigenvalue weighted by atomic mass is 10.2. The molecule has 0 radical (unpaired) electrons. The molecule has 19 heavy (non-hydrogen) atoms. The fraction of sp³-hybridized carbons (Fsp3) is 0.267. The molecule has 1 aromatic carbocycles. The highest BCUT2D eigenvalue weighted by Crippen LogP contribution is 2.22. The normalized spacial score (nSPS) is 10.2. The van der Waals surface area contributed by atoms with E-state index in [0.717, 1.165) is 6.42 Å². The van der Waals surface area contributed by atoms with Gasteiger partial charge in [-0.3, -0.25) is 0 Å². The predicted octanol–water partition coefficient (Wildman–Crippen LogP) is 3.62. The van der Waals surface area contributed by atoms with Crippen LogP contribution < -0.4 is 10.1 Å². The summed E-state index contributed by atoms with van der Waals surface area (Å²) in [7, 11) is 0. The van der Waals surface area contributed by atoms with Crippen molar-refractivity contribution >= 4 is 5.82 Å². The Balaban J connectivity index is 2.05.